The van der Waals surface area contributed by atoms with E-state index in [2.05, 4.69) is 17.2 Å². The van der Waals surface area contributed by atoms with Gasteiger partial charge in [-0.3, -0.25) is 4.79 Å². The van der Waals surface area contributed by atoms with E-state index in [4.69, 9.17) is 4.42 Å². The summed E-state index contributed by atoms with van der Waals surface area (Å²) in [5.74, 6) is 0.924. The molecule has 1 aliphatic rings. The van der Waals surface area contributed by atoms with Crippen molar-refractivity contribution in [3.63, 3.8) is 0 Å². The molecule has 0 bridgehead atoms. The molecule has 1 fully saturated rings. The molecule has 1 N–H and O–H groups in total. The van der Waals surface area contributed by atoms with Crippen LogP contribution in [0.15, 0.2) is 4.42 Å². The van der Waals surface area contributed by atoms with Gasteiger partial charge in [0, 0.05) is 26.1 Å². The number of oxazole rings is 1. The normalized spacial score (nSPS) is 19.2. The van der Waals surface area contributed by atoms with Gasteiger partial charge in [-0.25, -0.2) is 4.98 Å². The summed E-state index contributed by atoms with van der Waals surface area (Å²) < 4.78 is 5.44. The Morgan fingerprint density at radius 1 is 1.56 bits per heavy atom. The standard InChI is InChI=1S/C13H21N3O2/c1-4-7-16(11-5-6-14-8-11)13(17)12-9(2)15-10(3)18-12/h11,14H,4-8H2,1-3H3. The molecule has 1 aromatic rings. The molecule has 5 heteroatoms. The lowest BCUT2D eigenvalue weighted by Crippen LogP contribution is -2.42. The molecule has 18 heavy (non-hydrogen) atoms. The highest BCUT2D eigenvalue weighted by molar-refractivity contribution is 5.92. The first-order chi connectivity index (χ1) is 8.63. The predicted octanol–water partition coefficient (Wildman–Crippen LogP) is 1.51. The summed E-state index contributed by atoms with van der Waals surface area (Å²) in [6.07, 6.45) is 1.96. The van der Waals surface area contributed by atoms with Gasteiger partial charge in [0.1, 0.15) is 0 Å². The van der Waals surface area contributed by atoms with Gasteiger partial charge in [0.25, 0.3) is 5.91 Å². The fraction of sp³-hybridized carbons (Fsp3) is 0.692. The molecule has 0 aromatic carbocycles. The molecule has 2 heterocycles. The monoisotopic (exact) mass is 251 g/mol. The first kappa shape index (κ1) is 13.1. The molecule has 0 radical (unpaired) electrons. The number of nitrogens with zero attached hydrogens (tertiary/aromatic N) is 2. The molecule has 2 rings (SSSR count). The number of hydrogen-bond acceptors (Lipinski definition) is 4. The molecule has 1 atom stereocenters. The van der Waals surface area contributed by atoms with Crippen LogP contribution in [-0.4, -0.2) is 41.5 Å². The average Bonchev–Trinajstić information content (AvgIpc) is 2.95. The van der Waals surface area contributed by atoms with Gasteiger partial charge in [0.2, 0.25) is 5.76 Å². The van der Waals surface area contributed by atoms with E-state index in [1.807, 2.05) is 11.8 Å². The summed E-state index contributed by atoms with van der Waals surface area (Å²) in [6.45, 7) is 8.29. The van der Waals surface area contributed by atoms with E-state index in [1.54, 1.807) is 6.92 Å². The lowest BCUT2D eigenvalue weighted by molar-refractivity contribution is 0.0657. The van der Waals surface area contributed by atoms with Crippen molar-refractivity contribution in [1.29, 1.82) is 0 Å². The molecular formula is C13H21N3O2. The highest BCUT2D eigenvalue weighted by Gasteiger charge is 2.29. The fourth-order valence-electron chi connectivity index (χ4n) is 2.46. The van der Waals surface area contributed by atoms with Crippen molar-refractivity contribution >= 4 is 5.91 Å². The molecule has 1 unspecified atom stereocenters. The van der Waals surface area contributed by atoms with Crippen LogP contribution < -0.4 is 5.32 Å². The molecule has 100 valence electrons. The quantitative estimate of drug-likeness (QED) is 0.881. The summed E-state index contributed by atoms with van der Waals surface area (Å²) >= 11 is 0. The first-order valence-corrected chi connectivity index (χ1v) is 6.59. The van der Waals surface area contributed by atoms with Crippen LogP contribution in [-0.2, 0) is 0 Å². The first-order valence-electron chi connectivity index (χ1n) is 6.59. The van der Waals surface area contributed by atoms with Gasteiger partial charge in [-0.15, -0.1) is 0 Å². The Labute approximate surface area is 108 Å². The van der Waals surface area contributed by atoms with Crippen molar-refractivity contribution < 1.29 is 9.21 Å². The Bertz CT molecular complexity index is 422. The molecular weight excluding hydrogens is 230 g/mol. The molecule has 1 saturated heterocycles. The minimum Gasteiger partial charge on any atom is -0.436 e. The highest BCUT2D eigenvalue weighted by atomic mass is 16.4. The number of nitrogens with one attached hydrogen (secondary N) is 1. The summed E-state index contributed by atoms with van der Waals surface area (Å²) in [5, 5.41) is 3.30. The van der Waals surface area contributed by atoms with Gasteiger partial charge in [-0.2, -0.15) is 0 Å². The van der Waals surface area contributed by atoms with E-state index >= 15 is 0 Å². The van der Waals surface area contributed by atoms with Crippen LogP contribution in [0.2, 0.25) is 0 Å². The second-order valence-corrected chi connectivity index (χ2v) is 4.79. The lowest BCUT2D eigenvalue weighted by atomic mass is 10.2. The summed E-state index contributed by atoms with van der Waals surface area (Å²) in [4.78, 5) is 18.6. The average molecular weight is 251 g/mol. The van der Waals surface area contributed by atoms with Crippen molar-refractivity contribution in [2.24, 2.45) is 0 Å². The lowest BCUT2D eigenvalue weighted by Gasteiger charge is -2.27. The molecule has 0 saturated carbocycles. The van der Waals surface area contributed by atoms with Crippen LogP contribution in [0.25, 0.3) is 0 Å². The molecule has 1 amide bonds. The van der Waals surface area contributed by atoms with E-state index in [9.17, 15) is 4.79 Å². The van der Waals surface area contributed by atoms with Gasteiger partial charge in [-0.05, 0) is 26.3 Å². The van der Waals surface area contributed by atoms with Crippen molar-refractivity contribution in [2.75, 3.05) is 19.6 Å². The second-order valence-electron chi connectivity index (χ2n) is 4.79. The number of aryl methyl sites for hydroxylation is 2. The van der Waals surface area contributed by atoms with Gasteiger partial charge < -0.3 is 14.6 Å². The maximum absolute atomic E-state index is 12.5. The third-order valence-corrected chi connectivity index (χ3v) is 3.30. The van der Waals surface area contributed by atoms with Crippen LogP contribution in [0.3, 0.4) is 0 Å². The molecule has 5 nitrogen and oxygen atoms in total. The third-order valence-electron chi connectivity index (χ3n) is 3.30. The molecule has 1 aromatic heterocycles. The number of rotatable bonds is 4. The van der Waals surface area contributed by atoms with Gasteiger partial charge in [-0.1, -0.05) is 6.92 Å². The van der Waals surface area contributed by atoms with E-state index in [-0.39, 0.29) is 11.9 Å². The smallest absolute Gasteiger partial charge is 0.291 e. The van der Waals surface area contributed by atoms with E-state index in [0.717, 1.165) is 32.5 Å². The van der Waals surface area contributed by atoms with Crippen LogP contribution in [0.1, 0.15) is 41.9 Å². The second kappa shape index (κ2) is 5.52. The Morgan fingerprint density at radius 2 is 2.33 bits per heavy atom. The van der Waals surface area contributed by atoms with E-state index in [0.29, 0.717) is 17.3 Å². The fourth-order valence-corrected chi connectivity index (χ4v) is 2.46. The zero-order valence-electron chi connectivity index (χ0n) is 11.3. The van der Waals surface area contributed by atoms with E-state index in [1.165, 1.54) is 0 Å². The number of carbonyl (C=O) groups excluding carboxylic acids is 1. The van der Waals surface area contributed by atoms with Crippen molar-refractivity contribution in [2.45, 2.75) is 39.7 Å². The molecule has 1 aliphatic heterocycles. The van der Waals surface area contributed by atoms with E-state index < -0.39 is 0 Å². The van der Waals surface area contributed by atoms with Gasteiger partial charge in [0.15, 0.2) is 5.89 Å². The third kappa shape index (κ3) is 2.56. The Hall–Kier alpha value is -1.36. The molecule has 0 aliphatic carbocycles. The Kier molecular flexibility index (Phi) is 4.01. The zero-order chi connectivity index (χ0) is 13.1. The van der Waals surface area contributed by atoms with Crippen molar-refractivity contribution in [3.8, 4) is 0 Å². The van der Waals surface area contributed by atoms with Gasteiger partial charge in [0.05, 0.1) is 5.69 Å². The SMILES string of the molecule is CCCN(C(=O)c1oc(C)nc1C)C1CCNC1. The summed E-state index contributed by atoms with van der Waals surface area (Å²) in [6, 6.07) is 0.280. The molecule has 0 spiro atoms. The predicted molar refractivity (Wildman–Crippen MR) is 68.6 cm³/mol. The topological polar surface area (TPSA) is 58.4 Å². The summed E-state index contributed by atoms with van der Waals surface area (Å²) in [7, 11) is 0. The maximum Gasteiger partial charge on any atom is 0.291 e. The van der Waals surface area contributed by atoms with Crippen LogP contribution >= 0.6 is 0 Å². The minimum atomic E-state index is -0.0244. The van der Waals surface area contributed by atoms with Crippen molar-refractivity contribution in [1.82, 2.24) is 15.2 Å². The Morgan fingerprint density at radius 3 is 2.83 bits per heavy atom. The number of hydrogen-bond donors (Lipinski definition) is 1. The zero-order valence-corrected chi connectivity index (χ0v) is 11.3. The van der Waals surface area contributed by atoms with Crippen LogP contribution in [0, 0.1) is 13.8 Å². The largest absolute Gasteiger partial charge is 0.436 e. The van der Waals surface area contributed by atoms with Crippen molar-refractivity contribution in [3.05, 3.63) is 17.3 Å². The maximum atomic E-state index is 12.5. The summed E-state index contributed by atoms with van der Waals surface area (Å²) in [5.41, 5.74) is 0.685. The number of amides is 1. The highest BCUT2D eigenvalue weighted by Crippen LogP contribution is 2.17. The number of carbonyl (C=O) groups is 1. The minimum absolute atomic E-state index is 0.0244. The van der Waals surface area contributed by atoms with Crippen LogP contribution in [0.4, 0.5) is 0 Å². The number of aromatic nitrogens is 1. The van der Waals surface area contributed by atoms with Gasteiger partial charge >= 0.3 is 0 Å². The van der Waals surface area contributed by atoms with Crippen LogP contribution in [0.5, 0.6) is 0 Å². The Balaban J connectivity index is 2.19.